The molecule has 0 aliphatic carbocycles. The summed E-state index contributed by atoms with van der Waals surface area (Å²) in [7, 11) is 0. The number of alkyl carbamates (subject to hydrolysis) is 1. The van der Waals surface area contributed by atoms with E-state index in [1.54, 1.807) is 45.0 Å². The maximum atomic E-state index is 14.5. The van der Waals surface area contributed by atoms with E-state index in [-0.39, 0.29) is 11.6 Å². The molecule has 0 spiro atoms. The Morgan fingerprint density at radius 1 is 1.37 bits per heavy atom. The second kappa shape index (κ2) is 8.41. The van der Waals surface area contributed by atoms with E-state index >= 15 is 0 Å². The predicted molar refractivity (Wildman–Crippen MR) is 99.3 cm³/mol. The Labute approximate surface area is 158 Å². The van der Waals surface area contributed by atoms with Crippen molar-refractivity contribution < 1.29 is 13.9 Å². The van der Waals surface area contributed by atoms with E-state index in [1.807, 2.05) is 4.90 Å². The summed E-state index contributed by atoms with van der Waals surface area (Å²) in [5.74, 6) is -0.429. The van der Waals surface area contributed by atoms with Crippen LogP contribution >= 0.6 is 0 Å². The average molecular weight is 371 g/mol. The van der Waals surface area contributed by atoms with Crippen LogP contribution in [0.4, 0.5) is 20.6 Å². The topological polar surface area (TPSA) is 101 Å². The molecule has 1 unspecified atom stereocenters. The molecule has 1 aliphatic rings. The zero-order valence-corrected chi connectivity index (χ0v) is 15.5. The van der Waals surface area contributed by atoms with Gasteiger partial charge in [-0.15, -0.1) is 0 Å². The Morgan fingerprint density at radius 3 is 2.70 bits per heavy atom. The Kier molecular flexibility index (Phi) is 6.25. The fraction of sp³-hybridized carbons (Fsp3) is 0.421. The number of benzene rings is 1. The van der Waals surface area contributed by atoms with Gasteiger partial charge in [-0.05, 0) is 39.3 Å². The number of hydrogen-bond acceptors (Lipinski definition) is 6. The Balaban J connectivity index is 2.11. The van der Waals surface area contributed by atoms with Gasteiger partial charge in [0, 0.05) is 19.3 Å². The number of halogens is 1. The highest BCUT2D eigenvalue weighted by Crippen LogP contribution is 2.32. The van der Waals surface area contributed by atoms with Crippen LogP contribution in [0.3, 0.4) is 0 Å². The molecule has 0 radical (unpaired) electrons. The van der Waals surface area contributed by atoms with Gasteiger partial charge in [-0.3, -0.25) is 0 Å². The highest BCUT2D eigenvalue weighted by atomic mass is 19.1. The molecule has 27 heavy (non-hydrogen) atoms. The van der Waals surface area contributed by atoms with Crippen molar-refractivity contribution in [1.82, 2.24) is 5.32 Å². The number of anilines is 2. The van der Waals surface area contributed by atoms with Crippen molar-refractivity contribution in [3.05, 3.63) is 35.8 Å². The van der Waals surface area contributed by atoms with Crippen molar-refractivity contribution >= 4 is 17.5 Å². The number of ether oxygens (including phenoxy) is 1. The molecular formula is C19H22FN5O2. The Morgan fingerprint density at radius 2 is 2.07 bits per heavy atom. The molecule has 2 N–H and O–H groups in total. The first-order valence-electron chi connectivity index (χ1n) is 8.53. The number of para-hydroxylation sites is 1. The van der Waals surface area contributed by atoms with Gasteiger partial charge in [-0.25, -0.2) is 9.18 Å². The summed E-state index contributed by atoms with van der Waals surface area (Å²) in [5, 5.41) is 23.3. The van der Waals surface area contributed by atoms with Crippen molar-refractivity contribution in [1.29, 1.82) is 10.5 Å². The van der Waals surface area contributed by atoms with Crippen LogP contribution in [0, 0.1) is 28.5 Å². The van der Waals surface area contributed by atoms with Crippen molar-refractivity contribution in [2.75, 3.05) is 23.3 Å². The lowest BCUT2D eigenvalue weighted by atomic mass is 10.2. The SMILES string of the molecule is CC(C)(C)OC(=O)NC1CCN(c2c(F)cccc2NC=C(C#N)C#N)C1. The van der Waals surface area contributed by atoms with Gasteiger partial charge in [0.15, 0.2) is 0 Å². The maximum absolute atomic E-state index is 14.5. The lowest BCUT2D eigenvalue weighted by Gasteiger charge is -2.24. The lowest BCUT2D eigenvalue weighted by molar-refractivity contribution is 0.0509. The molecule has 7 nitrogen and oxygen atoms in total. The molecule has 1 aromatic rings. The van der Waals surface area contributed by atoms with E-state index in [0.29, 0.717) is 30.9 Å². The fourth-order valence-corrected chi connectivity index (χ4v) is 2.75. The largest absolute Gasteiger partial charge is 0.444 e. The first-order valence-corrected chi connectivity index (χ1v) is 8.53. The molecule has 1 saturated heterocycles. The minimum Gasteiger partial charge on any atom is -0.444 e. The molecule has 0 aromatic heterocycles. The van der Waals surface area contributed by atoms with Crippen LogP contribution in [0.2, 0.25) is 0 Å². The van der Waals surface area contributed by atoms with Gasteiger partial charge in [0.2, 0.25) is 0 Å². The molecule has 0 bridgehead atoms. The molecule has 1 heterocycles. The summed E-state index contributed by atoms with van der Waals surface area (Å²) in [6.07, 6.45) is 1.38. The van der Waals surface area contributed by atoms with Crippen LogP contribution in [-0.4, -0.2) is 30.8 Å². The monoisotopic (exact) mass is 371 g/mol. The minimum absolute atomic E-state index is 0.115. The number of nitriles is 2. The lowest BCUT2D eigenvalue weighted by Crippen LogP contribution is -2.40. The van der Waals surface area contributed by atoms with E-state index in [4.69, 9.17) is 15.3 Å². The third-order valence-corrected chi connectivity index (χ3v) is 3.83. The molecule has 1 fully saturated rings. The van der Waals surface area contributed by atoms with Gasteiger partial charge < -0.3 is 20.3 Å². The zero-order valence-electron chi connectivity index (χ0n) is 15.5. The predicted octanol–water partition coefficient (Wildman–Crippen LogP) is 3.27. The standard InChI is InChI=1S/C19H22FN5O2/c1-19(2,3)27-18(26)24-14-7-8-25(12-14)17-15(20)5-4-6-16(17)23-11-13(9-21)10-22/h4-6,11,14,23H,7-8,12H2,1-3H3,(H,24,26). The molecule has 0 saturated carbocycles. The highest BCUT2D eigenvalue weighted by Gasteiger charge is 2.28. The van der Waals surface area contributed by atoms with E-state index < -0.39 is 17.5 Å². The maximum Gasteiger partial charge on any atom is 0.407 e. The number of nitrogens with one attached hydrogen (secondary N) is 2. The summed E-state index contributed by atoms with van der Waals surface area (Å²) in [5.41, 5.74) is 0.0702. The summed E-state index contributed by atoms with van der Waals surface area (Å²) in [4.78, 5) is 13.7. The van der Waals surface area contributed by atoms with Crippen LogP contribution in [0.1, 0.15) is 27.2 Å². The van der Waals surface area contributed by atoms with Gasteiger partial charge in [0.1, 0.15) is 29.1 Å². The molecule has 8 heteroatoms. The van der Waals surface area contributed by atoms with Gasteiger partial charge >= 0.3 is 6.09 Å². The first-order chi connectivity index (χ1) is 12.7. The Hall–Kier alpha value is -3.26. The molecule has 1 aliphatic heterocycles. The number of amides is 1. The number of rotatable bonds is 4. The van der Waals surface area contributed by atoms with Crippen molar-refractivity contribution in [2.24, 2.45) is 0 Å². The summed E-state index contributed by atoms with van der Waals surface area (Å²) >= 11 is 0. The van der Waals surface area contributed by atoms with E-state index in [1.165, 1.54) is 12.3 Å². The normalized spacial score (nSPS) is 16.1. The van der Waals surface area contributed by atoms with Crippen molar-refractivity contribution in [3.8, 4) is 12.1 Å². The van der Waals surface area contributed by atoms with Crippen molar-refractivity contribution in [2.45, 2.75) is 38.8 Å². The van der Waals surface area contributed by atoms with Gasteiger partial charge in [-0.2, -0.15) is 10.5 Å². The molecule has 1 amide bonds. The average Bonchev–Trinajstić information content (AvgIpc) is 3.01. The number of allylic oxidation sites excluding steroid dienone is 1. The van der Waals surface area contributed by atoms with Crippen LogP contribution in [-0.2, 0) is 4.74 Å². The minimum atomic E-state index is -0.587. The second-order valence-electron chi connectivity index (χ2n) is 7.14. The quantitative estimate of drug-likeness (QED) is 0.788. The van der Waals surface area contributed by atoms with Gasteiger partial charge in [0.05, 0.1) is 17.4 Å². The Bertz CT molecular complexity index is 801. The van der Waals surface area contributed by atoms with Crippen LogP contribution in [0.5, 0.6) is 0 Å². The zero-order chi connectivity index (χ0) is 20.0. The fourth-order valence-electron chi connectivity index (χ4n) is 2.75. The second-order valence-corrected chi connectivity index (χ2v) is 7.14. The molecular weight excluding hydrogens is 349 g/mol. The van der Waals surface area contributed by atoms with E-state index in [9.17, 15) is 9.18 Å². The smallest absolute Gasteiger partial charge is 0.407 e. The molecule has 142 valence electrons. The summed E-state index contributed by atoms with van der Waals surface area (Å²) < 4.78 is 19.7. The number of carbonyl (C=O) groups excluding carboxylic acids is 1. The number of hydrogen-bond donors (Lipinski definition) is 2. The van der Waals surface area contributed by atoms with E-state index in [2.05, 4.69) is 10.6 Å². The molecule has 2 rings (SSSR count). The third kappa shape index (κ3) is 5.61. The van der Waals surface area contributed by atoms with Gasteiger partial charge in [0.25, 0.3) is 0 Å². The number of nitrogens with zero attached hydrogens (tertiary/aromatic N) is 3. The van der Waals surface area contributed by atoms with Crippen molar-refractivity contribution in [3.63, 3.8) is 0 Å². The third-order valence-electron chi connectivity index (χ3n) is 3.83. The van der Waals surface area contributed by atoms with Crippen LogP contribution in [0.15, 0.2) is 30.0 Å². The summed E-state index contributed by atoms with van der Waals surface area (Å²) in [6, 6.07) is 7.86. The van der Waals surface area contributed by atoms with Crippen LogP contribution in [0.25, 0.3) is 0 Å². The summed E-state index contributed by atoms with van der Waals surface area (Å²) in [6.45, 7) is 6.32. The highest BCUT2D eigenvalue weighted by molar-refractivity contribution is 5.73. The van der Waals surface area contributed by atoms with Crippen LogP contribution < -0.4 is 15.5 Å². The van der Waals surface area contributed by atoms with E-state index in [0.717, 1.165) is 0 Å². The molecule has 1 aromatic carbocycles. The molecule has 1 atom stereocenters. The van der Waals surface area contributed by atoms with Gasteiger partial charge in [-0.1, -0.05) is 6.07 Å². The first kappa shape index (κ1) is 20.1. The number of carbonyl (C=O) groups is 1.